The number of carbonyl (C=O) groups excluding carboxylic acids is 3. The summed E-state index contributed by atoms with van der Waals surface area (Å²) in [5.74, 6) is 0.112. The van der Waals surface area contributed by atoms with Gasteiger partial charge < -0.3 is 9.47 Å². The first-order valence-electron chi connectivity index (χ1n) is 9.91. The van der Waals surface area contributed by atoms with E-state index in [4.69, 9.17) is 9.47 Å². The standard InChI is InChI=1S/C24H23NO5/c1-15-6-11-20-21(12-15)24(28)25(23(20)27)17-7-9-18(10-8-17)30-14-22(26)16-4-3-5-19(13-16)29-2/h3-10,13,20-21H,11-12,14H2,1-2H3/t20-,21+/m0/s1. The van der Waals surface area contributed by atoms with E-state index < -0.39 is 0 Å². The highest BCUT2D eigenvalue weighted by molar-refractivity contribution is 6.22. The lowest BCUT2D eigenvalue weighted by Crippen LogP contribution is -2.30. The van der Waals surface area contributed by atoms with Gasteiger partial charge in [0.2, 0.25) is 11.8 Å². The largest absolute Gasteiger partial charge is 0.497 e. The molecule has 6 heteroatoms. The van der Waals surface area contributed by atoms with Gasteiger partial charge in [0.15, 0.2) is 12.4 Å². The van der Waals surface area contributed by atoms with Crippen LogP contribution in [0.4, 0.5) is 5.69 Å². The molecule has 0 unspecified atom stereocenters. The molecule has 1 aliphatic heterocycles. The molecule has 0 radical (unpaired) electrons. The lowest BCUT2D eigenvalue weighted by molar-refractivity contribution is -0.122. The van der Waals surface area contributed by atoms with Crippen molar-refractivity contribution in [1.82, 2.24) is 0 Å². The predicted molar refractivity (Wildman–Crippen MR) is 112 cm³/mol. The number of amides is 2. The van der Waals surface area contributed by atoms with Crippen molar-refractivity contribution in [3.05, 3.63) is 65.7 Å². The molecule has 1 aliphatic carbocycles. The summed E-state index contributed by atoms with van der Waals surface area (Å²) in [4.78, 5) is 39.2. The maximum absolute atomic E-state index is 12.8. The van der Waals surface area contributed by atoms with Gasteiger partial charge >= 0.3 is 0 Å². The Morgan fingerprint density at radius 1 is 1.03 bits per heavy atom. The third-order valence-corrected chi connectivity index (χ3v) is 5.68. The van der Waals surface area contributed by atoms with Crippen molar-refractivity contribution >= 4 is 23.3 Å². The van der Waals surface area contributed by atoms with Gasteiger partial charge in [-0.05, 0) is 56.2 Å². The van der Waals surface area contributed by atoms with Crippen molar-refractivity contribution in [3.8, 4) is 11.5 Å². The topological polar surface area (TPSA) is 72.9 Å². The number of benzene rings is 2. The number of carbonyl (C=O) groups is 3. The van der Waals surface area contributed by atoms with Crippen molar-refractivity contribution < 1.29 is 23.9 Å². The monoisotopic (exact) mass is 405 g/mol. The molecule has 2 aromatic carbocycles. The SMILES string of the molecule is COc1cccc(C(=O)COc2ccc(N3C(=O)[C@H]4CC=C(C)C[C@H]4C3=O)cc2)c1. The van der Waals surface area contributed by atoms with E-state index in [1.807, 2.05) is 13.0 Å². The van der Waals surface area contributed by atoms with Crippen LogP contribution in [-0.4, -0.2) is 31.3 Å². The number of methoxy groups -OCH3 is 1. The van der Waals surface area contributed by atoms with Crippen molar-refractivity contribution in [2.45, 2.75) is 19.8 Å². The van der Waals surface area contributed by atoms with Gasteiger partial charge in [-0.15, -0.1) is 0 Å². The lowest BCUT2D eigenvalue weighted by atomic mass is 9.82. The normalized spacial score (nSPS) is 20.6. The van der Waals surface area contributed by atoms with Crippen LogP contribution < -0.4 is 14.4 Å². The Morgan fingerprint density at radius 2 is 1.77 bits per heavy atom. The maximum Gasteiger partial charge on any atom is 0.238 e. The van der Waals surface area contributed by atoms with Crippen molar-refractivity contribution in [2.75, 3.05) is 18.6 Å². The number of imide groups is 1. The summed E-state index contributed by atoms with van der Waals surface area (Å²) in [6, 6.07) is 13.6. The van der Waals surface area contributed by atoms with Crippen LogP contribution in [0.1, 0.15) is 30.1 Å². The molecule has 30 heavy (non-hydrogen) atoms. The van der Waals surface area contributed by atoms with Crippen LogP contribution in [0.5, 0.6) is 11.5 Å². The van der Waals surface area contributed by atoms with E-state index >= 15 is 0 Å². The van der Waals surface area contributed by atoms with E-state index in [-0.39, 0.29) is 36.0 Å². The van der Waals surface area contributed by atoms with E-state index in [1.165, 1.54) is 4.90 Å². The zero-order valence-electron chi connectivity index (χ0n) is 17.0. The van der Waals surface area contributed by atoms with E-state index in [1.54, 1.807) is 55.6 Å². The van der Waals surface area contributed by atoms with Crippen LogP contribution in [0.3, 0.4) is 0 Å². The van der Waals surface area contributed by atoms with Crippen LogP contribution in [0.25, 0.3) is 0 Å². The number of anilines is 1. The molecule has 0 aromatic heterocycles. The van der Waals surface area contributed by atoms with Gasteiger partial charge in [0.1, 0.15) is 11.5 Å². The van der Waals surface area contributed by atoms with Gasteiger partial charge in [-0.3, -0.25) is 19.3 Å². The summed E-state index contributed by atoms with van der Waals surface area (Å²) in [7, 11) is 1.55. The van der Waals surface area contributed by atoms with Gasteiger partial charge in [0.25, 0.3) is 0 Å². The number of allylic oxidation sites excluding steroid dienone is 2. The number of hydrogen-bond acceptors (Lipinski definition) is 5. The number of hydrogen-bond donors (Lipinski definition) is 0. The molecule has 0 N–H and O–H groups in total. The number of nitrogens with zero attached hydrogens (tertiary/aromatic N) is 1. The summed E-state index contributed by atoms with van der Waals surface area (Å²) in [5.41, 5.74) is 2.19. The highest BCUT2D eigenvalue weighted by Crippen LogP contribution is 2.39. The van der Waals surface area contributed by atoms with Crippen molar-refractivity contribution in [1.29, 1.82) is 0 Å². The minimum Gasteiger partial charge on any atom is -0.497 e. The fourth-order valence-electron chi connectivity index (χ4n) is 4.01. The number of ether oxygens (including phenoxy) is 2. The molecule has 2 aliphatic rings. The Hall–Kier alpha value is -3.41. The molecule has 2 atom stereocenters. The number of rotatable bonds is 6. The molecule has 0 bridgehead atoms. The van der Waals surface area contributed by atoms with Gasteiger partial charge in [-0.2, -0.15) is 0 Å². The number of fused-ring (bicyclic) bond motifs is 1. The molecular formula is C24H23NO5. The quantitative estimate of drug-likeness (QED) is 0.415. The summed E-state index contributed by atoms with van der Waals surface area (Å²) >= 11 is 0. The van der Waals surface area contributed by atoms with Gasteiger partial charge in [-0.1, -0.05) is 23.8 Å². The Labute approximate surface area is 175 Å². The molecule has 0 saturated carbocycles. The van der Waals surface area contributed by atoms with Crippen LogP contribution in [0, 0.1) is 11.8 Å². The second-order valence-corrected chi connectivity index (χ2v) is 7.65. The van der Waals surface area contributed by atoms with Crippen LogP contribution in [0.2, 0.25) is 0 Å². The van der Waals surface area contributed by atoms with Gasteiger partial charge in [-0.25, -0.2) is 0 Å². The molecule has 0 spiro atoms. The van der Waals surface area contributed by atoms with Gasteiger partial charge in [0.05, 0.1) is 24.6 Å². The Kier molecular flexibility index (Phi) is 5.40. The second-order valence-electron chi connectivity index (χ2n) is 7.65. The summed E-state index contributed by atoms with van der Waals surface area (Å²) in [6.45, 7) is 1.87. The predicted octanol–water partition coefficient (Wildman–Crippen LogP) is 3.80. The minimum atomic E-state index is -0.266. The third-order valence-electron chi connectivity index (χ3n) is 5.68. The highest BCUT2D eigenvalue weighted by atomic mass is 16.5. The molecule has 4 rings (SSSR count). The molecule has 1 saturated heterocycles. The van der Waals surface area contributed by atoms with Crippen molar-refractivity contribution in [2.24, 2.45) is 11.8 Å². The minimum absolute atomic E-state index is 0.122. The highest BCUT2D eigenvalue weighted by Gasteiger charge is 2.48. The van der Waals surface area contributed by atoms with Crippen LogP contribution >= 0.6 is 0 Å². The first-order valence-corrected chi connectivity index (χ1v) is 9.91. The zero-order chi connectivity index (χ0) is 21.3. The molecule has 1 heterocycles. The fraction of sp³-hybridized carbons (Fsp3) is 0.292. The second kappa shape index (κ2) is 8.14. The molecule has 2 amide bonds. The summed E-state index contributed by atoms with van der Waals surface area (Å²) in [5, 5.41) is 0. The Morgan fingerprint density at radius 3 is 2.50 bits per heavy atom. The van der Waals surface area contributed by atoms with E-state index in [0.29, 0.717) is 35.6 Å². The molecule has 154 valence electrons. The first kappa shape index (κ1) is 19.9. The summed E-state index contributed by atoms with van der Waals surface area (Å²) < 4.78 is 10.7. The van der Waals surface area contributed by atoms with E-state index in [9.17, 15) is 14.4 Å². The Balaban J connectivity index is 1.41. The van der Waals surface area contributed by atoms with Gasteiger partial charge in [0, 0.05) is 5.56 Å². The smallest absolute Gasteiger partial charge is 0.238 e. The van der Waals surface area contributed by atoms with Crippen LogP contribution in [-0.2, 0) is 9.59 Å². The average molecular weight is 405 g/mol. The third kappa shape index (κ3) is 3.73. The molecule has 1 fully saturated rings. The molecule has 2 aromatic rings. The zero-order valence-corrected chi connectivity index (χ0v) is 17.0. The van der Waals surface area contributed by atoms with E-state index in [2.05, 4.69) is 0 Å². The fourth-order valence-corrected chi connectivity index (χ4v) is 4.01. The van der Waals surface area contributed by atoms with E-state index in [0.717, 1.165) is 5.57 Å². The molecule has 6 nitrogen and oxygen atoms in total. The lowest BCUT2D eigenvalue weighted by Gasteiger charge is -2.18. The van der Waals surface area contributed by atoms with Crippen molar-refractivity contribution in [3.63, 3.8) is 0 Å². The first-order chi connectivity index (χ1) is 14.5. The van der Waals surface area contributed by atoms with Crippen LogP contribution in [0.15, 0.2) is 60.2 Å². The Bertz CT molecular complexity index is 1020. The summed E-state index contributed by atoms with van der Waals surface area (Å²) in [6.07, 6.45) is 3.30. The maximum atomic E-state index is 12.8. The average Bonchev–Trinajstić information content (AvgIpc) is 3.02. The number of Topliss-reactive ketones (excluding diaryl/α,β-unsaturated/α-hetero) is 1. The molecular weight excluding hydrogens is 382 g/mol. The number of ketones is 1.